The van der Waals surface area contributed by atoms with Gasteiger partial charge in [0.2, 0.25) is 11.4 Å². The average molecular weight is 241 g/mol. The van der Waals surface area contributed by atoms with Crippen LogP contribution in [0.2, 0.25) is 0 Å². The number of hydrogen-bond donors (Lipinski definition) is 1. The molecular formula is C10H8FNO5. The Morgan fingerprint density at radius 3 is 2.82 bits per heavy atom. The molecule has 1 unspecified atom stereocenters. The molecule has 7 heteroatoms. The van der Waals surface area contributed by atoms with Gasteiger partial charge in [-0.15, -0.1) is 0 Å². The van der Waals surface area contributed by atoms with Crippen LogP contribution in [0.1, 0.15) is 12.5 Å². The quantitative estimate of drug-likeness (QED) is 0.626. The van der Waals surface area contributed by atoms with Crippen LogP contribution in [-0.2, 0) is 11.2 Å². The van der Waals surface area contributed by atoms with Gasteiger partial charge in [-0.2, -0.15) is 4.39 Å². The molecule has 0 amide bonds. The molecule has 1 aliphatic heterocycles. The van der Waals surface area contributed by atoms with Gasteiger partial charge >= 0.3 is 11.7 Å². The lowest BCUT2D eigenvalue weighted by Gasteiger charge is -2.17. The number of halogens is 1. The van der Waals surface area contributed by atoms with E-state index in [-0.39, 0.29) is 12.2 Å². The number of nitrogens with zero attached hydrogens (tertiary/aromatic N) is 1. The Morgan fingerprint density at radius 1 is 1.65 bits per heavy atom. The second-order valence-electron chi connectivity index (χ2n) is 3.98. The van der Waals surface area contributed by atoms with E-state index in [2.05, 4.69) is 0 Å². The summed E-state index contributed by atoms with van der Waals surface area (Å²) in [7, 11) is 0. The van der Waals surface area contributed by atoms with Gasteiger partial charge in [0.15, 0.2) is 0 Å². The molecule has 0 aliphatic carbocycles. The summed E-state index contributed by atoms with van der Waals surface area (Å²) in [5.41, 5.74) is -1.85. The Bertz CT molecular complexity index is 530. The highest BCUT2D eigenvalue weighted by atomic mass is 19.1. The zero-order chi connectivity index (χ0) is 12.8. The smallest absolute Gasteiger partial charge is 0.348 e. The molecule has 0 radical (unpaired) electrons. The van der Waals surface area contributed by atoms with Crippen LogP contribution < -0.4 is 4.74 Å². The second-order valence-corrected chi connectivity index (χ2v) is 3.98. The van der Waals surface area contributed by atoms with Crippen molar-refractivity contribution in [1.82, 2.24) is 0 Å². The van der Waals surface area contributed by atoms with Gasteiger partial charge in [0, 0.05) is 24.1 Å². The van der Waals surface area contributed by atoms with E-state index in [1.807, 2.05) is 0 Å². The maximum atomic E-state index is 13.3. The minimum atomic E-state index is -1.50. The van der Waals surface area contributed by atoms with Crippen molar-refractivity contribution in [2.75, 3.05) is 0 Å². The number of carboxylic acids is 1. The minimum Gasteiger partial charge on any atom is -0.478 e. The van der Waals surface area contributed by atoms with Gasteiger partial charge in [-0.05, 0) is 6.92 Å². The van der Waals surface area contributed by atoms with Gasteiger partial charge in [0.1, 0.15) is 5.75 Å². The zero-order valence-corrected chi connectivity index (χ0v) is 8.77. The minimum absolute atomic E-state index is 0.0290. The Kier molecular flexibility index (Phi) is 2.27. The number of benzene rings is 1. The van der Waals surface area contributed by atoms with E-state index in [0.29, 0.717) is 5.56 Å². The van der Waals surface area contributed by atoms with Crippen molar-refractivity contribution in [3.8, 4) is 5.75 Å². The first-order valence-corrected chi connectivity index (χ1v) is 4.73. The fourth-order valence-corrected chi connectivity index (χ4v) is 1.72. The first kappa shape index (κ1) is 11.3. The molecule has 2 rings (SSSR count). The largest absolute Gasteiger partial charge is 0.478 e. The predicted molar refractivity (Wildman–Crippen MR) is 53.4 cm³/mol. The second kappa shape index (κ2) is 3.41. The summed E-state index contributed by atoms with van der Waals surface area (Å²) in [5.74, 6) is -2.20. The van der Waals surface area contributed by atoms with Crippen molar-refractivity contribution >= 4 is 11.7 Å². The summed E-state index contributed by atoms with van der Waals surface area (Å²) < 4.78 is 18.4. The highest BCUT2D eigenvalue weighted by Gasteiger charge is 2.43. The molecule has 0 saturated heterocycles. The van der Waals surface area contributed by atoms with Crippen molar-refractivity contribution in [3.05, 3.63) is 33.6 Å². The maximum absolute atomic E-state index is 13.3. The van der Waals surface area contributed by atoms with Gasteiger partial charge in [-0.1, -0.05) is 0 Å². The molecule has 1 heterocycles. The van der Waals surface area contributed by atoms with Crippen LogP contribution in [0.15, 0.2) is 12.1 Å². The first-order valence-electron chi connectivity index (χ1n) is 4.73. The average Bonchev–Trinajstić information content (AvgIpc) is 2.53. The van der Waals surface area contributed by atoms with E-state index in [0.717, 1.165) is 12.1 Å². The fourth-order valence-electron chi connectivity index (χ4n) is 1.72. The Labute approximate surface area is 94.8 Å². The van der Waals surface area contributed by atoms with Crippen molar-refractivity contribution in [2.24, 2.45) is 0 Å². The van der Waals surface area contributed by atoms with E-state index in [9.17, 15) is 19.3 Å². The number of hydrogen-bond acceptors (Lipinski definition) is 4. The molecule has 17 heavy (non-hydrogen) atoms. The standard InChI is InChI=1S/C10H8FNO5/c1-10(9(13)14)4-5-2-7(12(15)16)6(11)3-8(5)17-10/h2-3H,4H2,1H3,(H,13,14). The van der Waals surface area contributed by atoms with Gasteiger partial charge < -0.3 is 9.84 Å². The number of nitro benzene ring substituents is 1. The molecule has 0 saturated carbocycles. The first-order chi connectivity index (χ1) is 7.83. The number of carbonyl (C=O) groups is 1. The van der Waals surface area contributed by atoms with Crippen LogP contribution in [0.5, 0.6) is 5.75 Å². The molecule has 90 valence electrons. The topological polar surface area (TPSA) is 89.7 Å². The zero-order valence-electron chi connectivity index (χ0n) is 8.77. The number of fused-ring (bicyclic) bond motifs is 1. The summed E-state index contributed by atoms with van der Waals surface area (Å²) in [5, 5.41) is 19.5. The summed E-state index contributed by atoms with van der Waals surface area (Å²) in [6.45, 7) is 1.33. The number of aliphatic carboxylic acids is 1. The van der Waals surface area contributed by atoms with Crippen molar-refractivity contribution < 1.29 is 24.0 Å². The molecule has 0 aromatic heterocycles. The fraction of sp³-hybridized carbons (Fsp3) is 0.300. The third kappa shape index (κ3) is 1.69. The molecule has 1 aromatic carbocycles. The molecule has 0 fully saturated rings. The number of carboxylic acid groups (broad SMARTS) is 1. The third-order valence-electron chi connectivity index (χ3n) is 2.64. The number of nitro groups is 1. The lowest BCUT2D eigenvalue weighted by Crippen LogP contribution is -2.39. The summed E-state index contributed by atoms with van der Waals surface area (Å²) in [4.78, 5) is 20.6. The predicted octanol–water partition coefficient (Wildman–Crippen LogP) is 1.51. The lowest BCUT2D eigenvalue weighted by atomic mass is 9.99. The normalized spacial score (nSPS) is 21.8. The molecule has 1 aliphatic rings. The van der Waals surface area contributed by atoms with Crippen LogP contribution in [0.3, 0.4) is 0 Å². The summed E-state index contributed by atoms with van der Waals surface area (Å²) >= 11 is 0. The van der Waals surface area contributed by atoms with Crippen LogP contribution in [0.25, 0.3) is 0 Å². The summed E-state index contributed by atoms with van der Waals surface area (Å²) in [6, 6.07) is 1.86. The maximum Gasteiger partial charge on any atom is 0.348 e. The Balaban J connectivity index is 2.47. The third-order valence-corrected chi connectivity index (χ3v) is 2.64. The Morgan fingerprint density at radius 2 is 2.29 bits per heavy atom. The highest BCUT2D eigenvalue weighted by Crippen LogP contribution is 2.38. The van der Waals surface area contributed by atoms with E-state index in [1.54, 1.807) is 0 Å². The number of rotatable bonds is 2. The molecule has 1 aromatic rings. The number of ether oxygens (including phenoxy) is 1. The van der Waals surface area contributed by atoms with Crippen molar-refractivity contribution in [2.45, 2.75) is 18.9 Å². The highest BCUT2D eigenvalue weighted by molar-refractivity contribution is 5.79. The monoisotopic (exact) mass is 241 g/mol. The summed E-state index contributed by atoms with van der Waals surface area (Å²) in [6.07, 6.45) is -0.0290. The van der Waals surface area contributed by atoms with Gasteiger partial charge in [0.05, 0.1) is 4.92 Å². The van der Waals surface area contributed by atoms with Crippen LogP contribution in [-0.4, -0.2) is 21.6 Å². The van der Waals surface area contributed by atoms with Crippen LogP contribution in [0, 0.1) is 15.9 Å². The molecule has 1 atom stereocenters. The SMILES string of the molecule is CC1(C(=O)O)Cc2cc([N+](=O)[O-])c(F)cc2O1. The van der Waals surface area contributed by atoms with E-state index >= 15 is 0 Å². The van der Waals surface area contributed by atoms with Crippen molar-refractivity contribution in [3.63, 3.8) is 0 Å². The molecule has 0 spiro atoms. The molecule has 0 bridgehead atoms. The van der Waals surface area contributed by atoms with Crippen LogP contribution >= 0.6 is 0 Å². The van der Waals surface area contributed by atoms with Crippen LogP contribution in [0.4, 0.5) is 10.1 Å². The molecule has 1 N–H and O–H groups in total. The van der Waals surface area contributed by atoms with E-state index in [1.165, 1.54) is 6.92 Å². The Hall–Kier alpha value is -2.18. The van der Waals surface area contributed by atoms with E-state index < -0.39 is 28.0 Å². The van der Waals surface area contributed by atoms with Crippen molar-refractivity contribution in [1.29, 1.82) is 0 Å². The van der Waals surface area contributed by atoms with Gasteiger partial charge in [-0.25, -0.2) is 4.79 Å². The molecule has 6 nitrogen and oxygen atoms in total. The lowest BCUT2D eigenvalue weighted by molar-refractivity contribution is -0.387. The van der Waals surface area contributed by atoms with E-state index in [4.69, 9.17) is 9.84 Å². The van der Waals surface area contributed by atoms with Gasteiger partial charge in [-0.3, -0.25) is 10.1 Å². The molecular weight excluding hydrogens is 233 g/mol. The van der Waals surface area contributed by atoms with Gasteiger partial charge in [0.25, 0.3) is 0 Å².